The average molecular weight is 258 g/mol. The lowest BCUT2D eigenvalue weighted by Crippen LogP contribution is -2.42. The fraction of sp³-hybridized carbons (Fsp3) is 0.529. The number of hydrogen-bond acceptors (Lipinski definition) is 2. The third-order valence-electron chi connectivity index (χ3n) is 4.98. The number of phenolic OH excluding ortho intramolecular Hbond substituents is 1. The van der Waals surface area contributed by atoms with Crippen molar-refractivity contribution < 1.29 is 9.84 Å². The van der Waals surface area contributed by atoms with E-state index in [1.165, 1.54) is 11.1 Å². The van der Waals surface area contributed by atoms with E-state index < -0.39 is 0 Å². The van der Waals surface area contributed by atoms with Gasteiger partial charge in [-0.05, 0) is 42.4 Å². The van der Waals surface area contributed by atoms with Crippen molar-refractivity contribution in [3.63, 3.8) is 0 Å². The van der Waals surface area contributed by atoms with E-state index in [4.69, 9.17) is 4.74 Å². The number of benzene rings is 1. The van der Waals surface area contributed by atoms with Crippen LogP contribution in [0.3, 0.4) is 0 Å². The third kappa shape index (κ3) is 2.08. The standard InChI is InChI=1S/C17H22O2/c1-10-8-11(2)16-12(3)15(10)9-19-17(16)13-4-6-14(18)7-5-13/h4-8,10,12,15-18H,9H2,1-3H3/t10-,12+,15-,16+,17-/m1/s1. The highest BCUT2D eigenvalue weighted by atomic mass is 16.5. The summed E-state index contributed by atoms with van der Waals surface area (Å²) < 4.78 is 6.16. The summed E-state index contributed by atoms with van der Waals surface area (Å²) in [5.41, 5.74) is 2.63. The van der Waals surface area contributed by atoms with Gasteiger partial charge < -0.3 is 9.84 Å². The van der Waals surface area contributed by atoms with Crippen molar-refractivity contribution in [3.8, 4) is 5.75 Å². The molecule has 0 saturated carbocycles. The van der Waals surface area contributed by atoms with Crippen molar-refractivity contribution in [1.82, 2.24) is 0 Å². The first-order valence-corrected chi connectivity index (χ1v) is 7.16. The van der Waals surface area contributed by atoms with Crippen molar-refractivity contribution in [1.29, 1.82) is 0 Å². The molecule has 0 unspecified atom stereocenters. The van der Waals surface area contributed by atoms with Gasteiger partial charge in [-0.2, -0.15) is 0 Å². The number of fused-ring (bicyclic) bond motifs is 2. The molecule has 1 fully saturated rings. The van der Waals surface area contributed by atoms with Gasteiger partial charge in [0.1, 0.15) is 5.75 Å². The number of ether oxygens (including phenoxy) is 1. The van der Waals surface area contributed by atoms with Crippen LogP contribution in [0.1, 0.15) is 32.4 Å². The lowest BCUT2D eigenvalue weighted by molar-refractivity contribution is -0.0934. The summed E-state index contributed by atoms with van der Waals surface area (Å²) in [6, 6.07) is 7.47. The van der Waals surface area contributed by atoms with Crippen molar-refractivity contribution >= 4 is 0 Å². The summed E-state index contributed by atoms with van der Waals surface area (Å²) in [5, 5.41) is 9.42. The van der Waals surface area contributed by atoms with E-state index in [1.54, 1.807) is 12.1 Å². The Morgan fingerprint density at radius 1 is 1.16 bits per heavy atom. The van der Waals surface area contributed by atoms with E-state index in [0.29, 0.717) is 29.4 Å². The molecule has 102 valence electrons. The van der Waals surface area contributed by atoms with E-state index >= 15 is 0 Å². The summed E-state index contributed by atoms with van der Waals surface area (Å²) in [5.74, 6) is 2.70. The normalized spacial score (nSPS) is 37.8. The van der Waals surface area contributed by atoms with Gasteiger partial charge in [0.25, 0.3) is 0 Å². The molecule has 3 rings (SSSR count). The minimum absolute atomic E-state index is 0.135. The van der Waals surface area contributed by atoms with Gasteiger partial charge in [-0.15, -0.1) is 0 Å². The lowest BCUT2D eigenvalue weighted by Gasteiger charge is -2.47. The van der Waals surface area contributed by atoms with Crippen LogP contribution in [0.4, 0.5) is 0 Å². The Bertz CT molecular complexity index is 488. The highest BCUT2D eigenvalue weighted by Gasteiger charge is 2.43. The van der Waals surface area contributed by atoms with Crippen LogP contribution in [0.2, 0.25) is 0 Å². The second kappa shape index (κ2) is 4.68. The first-order chi connectivity index (χ1) is 9.08. The van der Waals surface area contributed by atoms with Gasteiger partial charge in [0.15, 0.2) is 0 Å². The average Bonchev–Trinajstić information content (AvgIpc) is 2.37. The summed E-state index contributed by atoms with van der Waals surface area (Å²) in [7, 11) is 0. The van der Waals surface area contributed by atoms with Gasteiger partial charge in [0, 0.05) is 5.92 Å². The number of hydrogen-bond donors (Lipinski definition) is 1. The van der Waals surface area contributed by atoms with Crippen molar-refractivity contribution in [3.05, 3.63) is 41.5 Å². The second-order valence-corrected chi connectivity index (χ2v) is 6.16. The molecule has 2 nitrogen and oxygen atoms in total. The molecule has 5 atom stereocenters. The van der Waals surface area contributed by atoms with E-state index in [-0.39, 0.29) is 6.10 Å². The molecule has 1 aromatic carbocycles. The molecule has 2 heteroatoms. The summed E-state index contributed by atoms with van der Waals surface area (Å²) in [6.07, 6.45) is 2.56. The van der Waals surface area contributed by atoms with Gasteiger partial charge >= 0.3 is 0 Å². The molecule has 19 heavy (non-hydrogen) atoms. The molecule has 2 bridgehead atoms. The molecule has 2 aliphatic rings. The maximum absolute atomic E-state index is 9.42. The molecule has 1 aromatic rings. The smallest absolute Gasteiger partial charge is 0.115 e. The van der Waals surface area contributed by atoms with Gasteiger partial charge in [0.05, 0.1) is 12.7 Å². The maximum atomic E-state index is 9.42. The third-order valence-corrected chi connectivity index (χ3v) is 4.98. The quantitative estimate of drug-likeness (QED) is 0.773. The minimum Gasteiger partial charge on any atom is -0.508 e. The molecule has 0 amide bonds. The molecule has 1 aliphatic heterocycles. The largest absolute Gasteiger partial charge is 0.508 e. The Morgan fingerprint density at radius 3 is 2.53 bits per heavy atom. The van der Waals surface area contributed by atoms with Crippen molar-refractivity contribution in [2.24, 2.45) is 23.7 Å². The van der Waals surface area contributed by atoms with Crippen molar-refractivity contribution in [2.75, 3.05) is 6.61 Å². The van der Waals surface area contributed by atoms with Gasteiger partial charge in [-0.1, -0.05) is 37.6 Å². The molecule has 1 heterocycles. The summed E-state index contributed by atoms with van der Waals surface area (Å²) in [6.45, 7) is 7.73. The van der Waals surface area contributed by atoms with Crippen LogP contribution in [-0.4, -0.2) is 11.7 Å². The maximum Gasteiger partial charge on any atom is 0.115 e. The zero-order valence-electron chi connectivity index (χ0n) is 11.8. The van der Waals surface area contributed by atoms with Crippen LogP contribution >= 0.6 is 0 Å². The van der Waals surface area contributed by atoms with E-state index in [2.05, 4.69) is 26.8 Å². The van der Waals surface area contributed by atoms with E-state index in [9.17, 15) is 5.11 Å². The molecule has 0 radical (unpaired) electrons. The van der Waals surface area contributed by atoms with Crippen LogP contribution in [-0.2, 0) is 4.74 Å². The number of phenols is 1. The van der Waals surface area contributed by atoms with Crippen LogP contribution < -0.4 is 0 Å². The van der Waals surface area contributed by atoms with Crippen LogP contribution in [0.25, 0.3) is 0 Å². The van der Waals surface area contributed by atoms with E-state index in [1.807, 2.05) is 12.1 Å². The topological polar surface area (TPSA) is 29.5 Å². The minimum atomic E-state index is 0.135. The van der Waals surface area contributed by atoms with Crippen LogP contribution in [0.5, 0.6) is 5.75 Å². The van der Waals surface area contributed by atoms with Crippen LogP contribution in [0, 0.1) is 23.7 Å². The zero-order chi connectivity index (χ0) is 13.6. The number of allylic oxidation sites excluding steroid dienone is 1. The molecule has 1 aliphatic carbocycles. The number of aromatic hydroxyl groups is 1. The lowest BCUT2D eigenvalue weighted by atomic mass is 9.64. The molecule has 1 saturated heterocycles. The van der Waals surface area contributed by atoms with Gasteiger partial charge in [0.2, 0.25) is 0 Å². The highest BCUT2D eigenvalue weighted by Crippen LogP contribution is 2.49. The predicted octanol–water partition coefficient (Wildman–Crippen LogP) is 3.93. The monoisotopic (exact) mass is 258 g/mol. The zero-order valence-corrected chi connectivity index (χ0v) is 11.8. The van der Waals surface area contributed by atoms with Gasteiger partial charge in [-0.25, -0.2) is 0 Å². The Labute approximate surface area is 115 Å². The molecule has 0 aromatic heterocycles. The summed E-state index contributed by atoms with van der Waals surface area (Å²) in [4.78, 5) is 0. The first-order valence-electron chi connectivity index (χ1n) is 7.16. The van der Waals surface area contributed by atoms with Crippen molar-refractivity contribution in [2.45, 2.75) is 26.9 Å². The first kappa shape index (κ1) is 12.7. The fourth-order valence-electron chi connectivity index (χ4n) is 3.91. The SMILES string of the molecule is CC1=C[C@@H](C)[C@H]2CO[C@H](c3ccc(O)cc3)[C@@H]1[C@H]2C. The molecular formula is C17H22O2. The molecule has 1 N–H and O–H groups in total. The Hall–Kier alpha value is -1.28. The van der Waals surface area contributed by atoms with E-state index in [0.717, 1.165) is 6.61 Å². The molecule has 0 spiro atoms. The second-order valence-electron chi connectivity index (χ2n) is 6.16. The molecular weight excluding hydrogens is 236 g/mol. The Morgan fingerprint density at radius 2 is 1.84 bits per heavy atom. The van der Waals surface area contributed by atoms with Crippen LogP contribution in [0.15, 0.2) is 35.9 Å². The highest BCUT2D eigenvalue weighted by molar-refractivity contribution is 5.30. The Balaban J connectivity index is 1.96. The fourth-order valence-corrected chi connectivity index (χ4v) is 3.91. The summed E-state index contributed by atoms with van der Waals surface area (Å²) >= 11 is 0. The van der Waals surface area contributed by atoms with Gasteiger partial charge in [-0.3, -0.25) is 0 Å². The predicted molar refractivity (Wildman–Crippen MR) is 75.9 cm³/mol. The Kier molecular flexibility index (Phi) is 3.14. The number of rotatable bonds is 1.